The third kappa shape index (κ3) is 3.43. The average Bonchev–Trinajstić information content (AvgIpc) is 2.41. The molecule has 1 aliphatic rings. The lowest BCUT2D eigenvalue weighted by Gasteiger charge is -2.33. The smallest absolute Gasteiger partial charge is 0.128 e. The Hall–Kier alpha value is -1.13. The molecule has 0 amide bonds. The first-order valence-electron chi connectivity index (χ1n) is 6.72. The predicted octanol–water partition coefficient (Wildman–Crippen LogP) is 1.45. The first kappa shape index (κ1) is 13.3. The first-order chi connectivity index (χ1) is 8.83. The Kier molecular flexibility index (Phi) is 4.96. The van der Waals surface area contributed by atoms with Crippen LogP contribution >= 0.6 is 0 Å². The zero-order chi connectivity index (χ0) is 12.8. The fourth-order valence-corrected chi connectivity index (χ4v) is 2.56. The van der Waals surface area contributed by atoms with Crippen molar-refractivity contribution in [2.45, 2.75) is 19.3 Å². The van der Waals surface area contributed by atoms with E-state index in [2.05, 4.69) is 22.0 Å². The monoisotopic (exact) mass is 249 g/mol. The molecule has 0 aromatic carbocycles. The van der Waals surface area contributed by atoms with E-state index in [0.717, 1.165) is 31.9 Å². The molecule has 18 heavy (non-hydrogen) atoms. The van der Waals surface area contributed by atoms with Gasteiger partial charge in [0.05, 0.1) is 6.61 Å². The molecular formula is C14H23N3O. The Morgan fingerprint density at radius 2 is 2.39 bits per heavy atom. The van der Waals surface area contributed by atoms with Crippen LogP contribution in [-0.4, -0.2) is 38.3 Å². The third-order valence-corrected chi connectivity index (χ3v) is 3.49. The summed E-state index contributed by atoms with van der Waals surface area (Å²) in [7, 11) is 1.78. The SMILES string of the molecule is COCC1CCCN(c2ccc(CCN)cn2)C1. The molecule has 0 bridgehead atoms. The number of nitrogens with zero attached hydrogens (tertiary/aromatic N) is 2. The Morgan fingerprint density at radius 1 is 1.50 bits per heavy atom. The minimum Gasteiger partial charge on any atom is -0.384 e. The Labute approximate surface area is 109 Å². The van der Waals surface area contributed by atoms with Crippen molar-refractivity contribution in [3.63, 3.8) is 0 Å². The van der Waals surface area contributed by atoms with Gasteiger partial charge in [-0.1, -0.05) is 6.07 Å². The number of methoxy groups -OCH3 is 1. The molecule has 1 aromatic heterocycles. The van der Waals surface area contributed by atoms with Gasteiger partial charge in [0.15, 0.2) is 0 Å². The highest BCUT2D eigenvalue weighted by atomic mass is 16.5. The van der Waals surface area contributed by atoms with E-state index in [1.165, 1.54) is 18.4 Å². The Morgan fingerprint density at radius 3 is 3.06 bits per heavy atom. The predicted molar refractivity (Wildman–Crippen MR) is 73.8 cm³/mol. The van der Waals surface area contributed by atoms with Crippen LogP contribution in [0.25, 0.3) is 0 Å². The van der Waals surface area contributed by atoms with Crippen LogP contribution in [0.2, 0.25) is 0 Å². The van der Waals surface area contributed by atoms with E-state index in [9.17, 15) is 0 Å². The molecule has 1 unspecified atom stereocenters. The van der Waals surface area contributed by atoms with Gasteiger partial charge < -0.3 is 15.4 Å². The van der Waals surface area contributed by atoms with Crippen LogP contribution in [0.15, 0.2) is 18.3 Å². The summed E-state index contributed by atoms with van der Waals surface area (Å²) >= 11 is 0. The summed E-state index contributed by atoms with van der Waals surface area (Å²) in [5, 5.41) is 0. The van der Waals surface area contributed by atoms with Gasteiger partial charge >= 0.3 is 0 Å². The molecule has 1 fully saturated rings. The average molecular weight is 249 g/mol. The van der Waals surface area contributed by atoms with Crippen molar-refractivity contribution in [3.05, 3.63) is 23.9 Å². The molecule has 4 nitrogen and oxygen atoms in total. The van der Waals surface area contributed by atoms with Gasteiger partial charge in [-0.15, -0.1) is 0 Å². The van der Waals surface area contributed by atoms with E-state index in [1.807, 2.05) is 6.20 Å². The number of piperidine rings is 1. The lowest BCUT2D eigenvalue weighted by atomic mass is 9.99. The van der Waals surface area contributed by atoms with Gasteiger partial charge in [-0.3, -0.25) is 0 Å². The van der Waals surface area contributed by atoms with Crippen LogP contribution in [0.3, 0.4) is 0 Å². The summed E-state index contributed by atoms with van der Waals surface area (Å²) in [6, 6.07) is 4.25. The molecule has 2 N–H and O–H groups in total. The quantitative estimate of drug-likeness (QED) is 0.858. The minimum atomic E-state index is 0.634. The van der Waals surface area contributed by atoms with Crippen LogP contribution in [-0.2, 0) is 11.2 Å². The maximum atomic E-state index is 5.54. The number of aromatic nitrogens is 1. The summed E-state index contributed by atoms with van der Waals surface area (Å²) in [5.41, 5.74) is 6.76. The van der Waals surface area contributed by atoms with Crippen LogP contribution < -0.4 is 10.6 Å². The molecule has 0 spiro atoms. The fourth-order valence-electron chi connectivity index (χ4n) is 2.56. The first-order valence-corrected chi connectivity index (χ1v) is 6.72. The summed E-state index contributed by atoms with van der Waals surface area (Å²) in [4.78, 5) is 6.91. The second-order valence-electron chi connectivity index (χ2n) is 4.97. The normalized spacial score (nSPS) is 20.1. The van der Waals surface area contributed by atoms with E-state index in [-0.39, 0.29) is 0 Å². The van der Waals surface area contributed by atoms with E-state index in [4.69, 9.17) is 10.5 Å². The summed E-state index contributed by atoms with van der Waals surface area (Å²) in [6.07, 6.45) is 5.33. The number of hydrogen-bond acceptors (Lipinski definition) is 4. The molecule has 1 aromatic rings. The van der Waals surface area contributed by atoms with Gasteiger partial charge in [0.1, 0.15) is 5.82 Å². The number of ether oxygens (including phenoxy) is 1. The number of anilines is 1. The van der Waals surface area contributed by atoms with Gasteiger partial charge in [0.25, 0.3) is 0 Å². The van der Waals surface area contributed by atoms with E-state index >= 15 is 0 Å². The largest absolute Gasteiger partial charge is 0.384 e. The van der Waals surface area contributed by atoms with Crippen molar-refractivity contribution < 1.29 is 4.74 Å². The van der Waals surface area contributed by atoms with Crippen molar-refractivity contribution in [2.24, 2.45) is 11.7 Å². The topological polar surface area (TPSA) is 51.4 Å². The summed E-state index contributed by atoms with van der Waals surface area (Å²) in [5.74, 6) is 1.71. The summed E-state index contributed by atoms with van der Waals surface area (Å²) < 4.78 is 5.26. The highest BCUT2D eigenvalue weighted by Crippen LogP contribution is 2.21. The standard InChI is InChI=1S/C14H23N3O/c1-18-11-13-3-2-8-17(10-13)14-5-4-12(6-7-15)9-16-14/h4-5,9,13H,2-3,6-8,10-11,15H2,1H3. The van der Waals surface area contributed by atoms with Crippen LogP contribution in [0.4, 0.5) is 5.82 Å². The third-order valence-electron chi connectivity index (χ3n) is 3.49. The fraction of sp³-hybridized carbons (Fsp3) is 0.643. The number of rotatable bonds is 5. The molecule has 2 heterocycles. The molecular weight excluding hydrogens is 226 g/mol. The van der Waals surface area contributed by atoms with Gasteiger partial charge in [-0.25, -0.2) is 4.98 Å². The lowest BCUT2D eigenvalue weighted by Crippen LogP contribution is -2.37. The molecule has 0 aliphatic carbocycles. The Bertz CT molecular complexity index is 351. The maximum absolute atomic E-state index is 5.54. The van der Waals surface area contributed by atoms with Crippen LogP contribution in [0.1, 0.15) is 18.4 Å². The lowest BCUT2D eigenvalue weighted by molar-refractivity contribution is 0.143. The molecule has 0 saturated carbocycles. The van der Waals surface area contributed by atoms with Crippen molar-refractivity contribution in [1.29, 1.82) is 0 Å². The highest BCUT2D eigenvalue weighted by Gasteiger charge is 2.20. The Balaban J connectivity index is 1.97. The second kappa shape index (κ2) is 6.71. The zero-order valence-electron chi connectivity index (χ0n) is 11.1. The van der Waals surface area contributed by atoms with Crippen LogP contribution in [0, 0.1) is 5.92 Å². The second-order valence-corrected chi connectivity index (χ2v) is 4.97. The van der Waals surface area contributed by atoms with Crippen molar-refractivity contribution in [3.8, 4) is 0 Å². The van der Waals surface area contributed by atoms with E-state index in [1.54, 1.807) is 7.11 Å². The van der Waals surface area contributed by atoms with Crippen molar-refractivity contribution in [2.75, 3.05) is 38.3 Å². The van der Waals surface area contributed by atoms with Gasteiger partial charge in [-0.2, -0.15) is 0 Å². The number of hydrogen-bond donors (Lipinski definition) is 1. The zero-order valence-corrected chi connectivity index (χ0v) is 11.1. The number of pyridine rings is 1. The minimum absolute atomic E-state index is 0.634. The molecule has 1 aliphatic heterocycles. The molecule has 2 rings (SSSR count). The summed E-state index contributed by atoms with van der Waals surface area (Å²) in [6.45, 7) is 3.68. The van der Waals surface area contributed by atoms with Gasteiger partial charge in [0.2, 0.25) is 0 Å². The van der Waals surface area contributed by atoms with E-state index in [0.29, 0.717) is 12.5 Å². The van der Waals surface area contributed by atoms with Crippen molar-refractivity contribution in [1.82, 2.24) is 4.98 Å². The molecule has 100 valence electrons. The molecule has 0 radical (unpaired) electrons. The molecule has 4 heteroatoms. The van der Waals surface area contributed by atoms with E-state index < -0.39 is 0 Å². The number of nitrogens with two attached hydrogens (primary N) is 1. The van der Waals surface area contributed by atoms with Gasteiger partial charge in [0, 0.05) is 26.4 Å². The highest BCUT2D eigenvalue weighted by molar-refractivity contribution is 5.39. The molecule has 1 atom stereocenters. The van der Waals surface area contributed by atoms with Crippen molar-refractivity contribution >= 4 is 5.82 Å². The van der Waals surface area contributed by atoms with Crippen LogP contribution in [0.5, 0.6) is 0 Å². The molecule has 1 saturated heterocycles. The maximum Gasteiger partial charge on any atom is 0.128 e. The van der Waals surface area contributed by atoms with Gasteiger partial charge in [-0.05, 0) is 43.4 Å².